The molecule has 1 aromatic rings. The number of fused-ring (bicyclic) bond motifs is 1. The number of ether oxygens (including phenoxy) is 1. The number of hydrogen-bond acceptors (Lipinski definition) is 4. The van der Waals surface area contributed by atoms with Crippen molar-refractivity contribution in [3.8, 4) is 0 Å². The first-order valence-electron chi connectivity index (χ1n) is 11.1. The van der Waals surface area contributed by atoms with E-state index in [9.17, 15) is 4.79 Å². The summed E-state index contributed by atoms with van der Waals surface area (Å²) in [5.41, 5.74) is 2.82. The SMILES string of the molecule is C=CC=C(C=NCOC(CCC)CCNCC(C)C)CN1Cc2ccccc2C1=O. The van der Waals surface area contributed by atoms with Crippen molar-refractivity contribution in [2.75, 3.05) is 26.4 Å². The Kier molecular flexibility index (Phi) is 10.5. The lowest BCUT2D eigenvalue weighted by Crippen LogP contribution is -2.26. The van der Waals surface area contributed by atoms with Crippen molar-refractivity contribution in [1.82, 2.24) is 10.2 Å². The van der Waals surface area contributed by atoms with Gasteiger partial charge in [0.05, 0.1) is 6.10 Å². The highest BCUT2D eigenvalue weighted by atomic mass is 16.5. The fourth-order valence-corrected chi connectivity index (χ4v) is 3.54. The number of hydrogen-bond donors (Lipinski definition) is 1. The largest absolute Gasteiger partial charge is 0.356 e. The van der Waals surface area contributed by atoms with Crippen molar-refractivity contribution in [3.63, 3.8) is 0 Å². The smallest absolute Gasteiger partial charge is 0.254 e. The summed E-state index contributed by atoms with van der Waals surface area (Å²) in [6, 6.07) is 7.78. The van der Waals surface area contributed by atoms with Gasteiger partial charge in [0, 0.05) is 24.9 Å². The van der Waals surface area contributed by atoms with Gasteiger partial charge in [-0.3, -0.25) is 9.79 Å². The van der Waals surface area contributed by atoms with E-state index in [0.29, 0.717) is 25.7 Å². The van der Waals surface area contributed by atoms with Crippen molar-refractivity contribution in [2.45, 2.75) is 52.7 Å². The van der Waals surface area contributed by atoms with Gasteiger partial charge < -0.3 is 15.0 Å². The van der Waals surface area contributed by atoms with E-state index in [1.807, 2.05) is 35.2 Å². The van der Waals surface area contributed by atoms with Gasteiger partial charge in [0.25, 0.3) is 5.91 Å². The minimum Gasteiger partial charge on any atom is -0.356 e. The first kappa shape index (κ1) is 24.0. The predicted molar refractivity (Wildman–Crippen MR) is 125 cm³/mol. The van der Waals surface area contributed by atoms with E-state index in [4.69, 9.17) is 4.74 Å². The van der Waals surface area contributed by atoms with Crippen molar-refractivity contribution < 1.29 is 9.53 Å². The van der Waals surface area contributed by atoms with Gasteiger partial charge in [-0.1, -0.05) is 64.1 Å². The second-order valence-electron chi connectivity index (χ2n) is 8.20. The summed E-state index contributed by atoms with van der Waals surface area (Å²) in [5.74, 6) is 0.729. The third-order valence-corrected chi connectivity index (χ3v) is 5.05. The molecule has 0 spiro atoms. The maximum atomic E-state index is 12.6. The molecule has 1 aromatic carbocycles. The van der Waals surface area contributed by atoms with Gasteiger partial charge in [-0.05, 0) is 49.1 Å². The standard InChI is InChI=1S/C25H37N3O2/c1-5-9-21(17-28-18-22-11-7-8-12-24(22)25(28)29)16-27-19-30-23(10-6-2)13-14-26-15-20(3)4/h5,7-9,11-12,16,20,23,26H,1,6,10,13-15,17-19H2,2-4H3. The van der Waals surface area contributed by atoms with Crippen LogP contribution >= 0.6 is 0 Å². The molecule has 1 aliphatic rings. The summed E-state index contributed by atoms with van der Waals surface area (Å²) in [5, 5.41) is 3.48. The van der Waals surface area contributed by atoms with Crippen LogP contribution in [0.1, 0.15) is 56.0 Å². The van der Waals surface area contributed by atoms with E-state index in [1.54, 1.807) is 12.3 Å². The Labute approximate surface area is 181 Å². The van der Waals surface area contributed by atoms with Crippen LogP contribution in [0, 0.1) is 5.92 Å². The Morgan fingerprint density at radius 1 is 1.33 bits per heavy atom. The molecule has 0 aliphatic carbocycles. The third kappa shape index (κ3) is 7.88. The highest BCUT2D eigenvalue weighted by Gasteiger charge is 2.26. The molecule has 1 unspecified atom stereocenters. The third-order valence-electron chi connectivity index (χ3n) is 5.05. The molecule has 0 aromatic heterocycles. The summed E-state index contributed by atoms with van der Waals surface area (Å²) in [7, 11) is 0. The van der Waals surface area contributed by atoms with E-state index >= 15 is 0 Å². The topological polar surface area (TPSA) is 53.9 Å². The minimum absolute atomic E-state index is 0.0714. The fourth-order valence-electron chi connectivity index (χ4n) is 3.54. The summed E-state index contributed by atoms with van der Waals surface area (Å²) in [4.78, 5) is 18.9. The maximum Gasteiger partial charge on any atom is 0.254 e. The van der Waals surface area contributed by atoms with Crippen LogP contribution in [0.15, 0.2) is 53.6 Å². The quantitative estimate of drug-likeness (QED) is 0.276. The van der Waals surface area contributed by atoms with E-state index in [1.165, 1.54) is 0 Å². The number of benzene rings is 1. The normalized spacial score (nSPS) is 15.3. The monoisotopic (exact) mass is 411 g/mol. The first-order chi connectivity index (χ1) is 14.5. The minimum atomic E-state index is 0.0714. The molecule has 1 N–H and O–H groups in total. The van der Waals surface area contributed by atoms with E-state index in [0.717, 1.165) is 49.1 Å². The van der Waals surface area contributed by atoms with Gasteiger partial charge in [-0.15, -0.1) is 0 Å². The molecule has 1 amide bonds. The fraction of sp³-hybridized carbons (Fsp3) is 0.520. The van der Waals surface area contributed by atoms with E-state index in [-0.39, 0.29) is 12.0 Å². The molecule has 0 radical (unpaired) electrons. The molecule has 0 saturated carbocycles. The van der Waals surface area contributed by atoms with Crippen LogP contribution in [0.25, 0.3) is 0 Å². The molecule has 30 heavy (non-hydrogen) atoms. The Balaban J connectivity index is 1.82. The molecular formula is C25H37N3O2. The van der Waals surface area contributed by atoms with Crippen molar-refractivity contribution >= 4 is 12.1 Å². The van der Waals surface area contributed by atoms with E-state index < -0.39 is 0 Å². The Hall–Kier alpha value is -2.24. The van der Waals surface area contributed by atoms with Crippen LogP contribution < -0.4 is 5.32 Å². The van der Waals surface area contributed by atoms with Gasteiger partial charge in [-0.2, -0.15) is 0 Å². The van der Waals surface area contributed by atoms with Crippen molar-refractivity contribution in [1.29, 1.82) is 0 Å². The number of nitrogens with one attached hydrogen (secondary N) is 1. The molecule has 0 saturated heterocycles. The zero-order chi connectivity index (χ0) is 21.8. The number of allylic oxidation sites excluding steroid dienone is 2. The second kappa shape index (κ2) is 13.1. The number of rotatable bonds is 14. The zero-order valence-electron chi connectivity index (χ0n) is 18.8. The molecule has 1 heterocycles. The van der Waals surface area contributed by atoms with Crippen LogP contribution in [0.4, 0.5) is 0 Å². The molecule has 2 rings (SSSR count). The highest BCUT2D eigenvalue weighted by molar-refractivity contribution is 5.99. The number of carbonyl (C=O) groups excluding carboxylic acids is 1. The summed E-state index contributed by atoms with van der Waals surface area (Å²) < 4.78 is 5.99. The predicted octanol–water partition coefficient (Wildman–Crippen LogP) is 4.60. The van der Waals surface area contributed by atoms with Gasteiger partial charge in [0.15, 0.2) is 0 Å². The van der Waals surface area contributed by atoms with Crippen LogP contribution in [0.3, 0.4) is 0 Å². The zero-order valence-corrected chi connectivity index (χ0v) is 18.8. The second-order valence-corrected chi connectivity index (χ2v) is 8.20. The number of nitrogens with zero attached hydrogens (tertiary/aromatic N) is 2. The molecule has 1 atom stereocenters. The molecule has 5 nitrogen and oxygen atoms in total. The lowest BCUT2D eigenvalue weighted by Gasteiger charge is -2.17. The van der Waals surface area contributed by atoms with Crippen molar-refractivity contribution in [2.24, 2.45) is 10.9 Å². The Bertz CT molecular complexity index is 740. The highest BCUT2D eigenvalue weighted by Crippen LogP contribution is 2.22. The maximum absolute atomic E-state index is 12.6. The van der Waals surface area contributed by atoms with Gasteiger partial charge in [0.1, 0.15) is 6.73 Å². The lowest BCUT2D eigenvalue weighted by molar-refractivity contribution is 0.0469. The molecule has 0 fully saturated rings. The molecule has 0 bridgehead atoms. The molecule has 1 aliphatic heterocycles. The summed E-state index contributed by atoms with van der Waals surface area (Å²) >= 11 is 0. The number of amides is 1. The lowest BCUT2D eigenvalue weighted by atomic mass is 10.1. The van der Waals surface area contributed by atoms with Crippen LogP contribution in [-0.4, -0.2) is 49.5 Å². The first-order valence-corrected chi connectivity index (χ1v) is 11.1. The summed E-state index contributed by atoms with van der Waals surface area (Å²) in [6.45, 7) is 13.9. The molecular weight excluding hydrogens is 374 g/mol. The van der Waals surface area contributed by atoms with Crippen LogP contribution in [0.2, 0.25) is 0 Å². The van der Waals surface area contributed by atoms with Crippen LogP contribution in [-0.2, 0) is 11.3 Å². The Morgan fingerprint density at radius 3 is 2.83 bits per heavy atom. The molecule has 5 heteroatoms. The molecule has 164 valence electrons. The van der Waals surface area contributed by atoms with E-state index in [2.05, 4.69) is 37.7 Å². The van der Waals surface area contributed by atoms with Gasteiger partial charge >= 0.3 is 0 Å². The number of carbonyl (C=O) groups is 1. The number of aliphatic imine (C=N–C) groups is 1. The van der Waals surface area contributed by atoms with Crippen LogP contribution in [0.5, 0.6) is 0 Å². The average molecular weight is 412 g/mol. The Morgan fingerprint density at radius 2 is 2.13 bits per heavy atom. The summed E-state index contributed by atoms with van der Waals surface area (Å²) in [6.07, 6.45) is 8.78. The van der Waals surface area contributed by atoms with Gasteiger partial charge in [0.2, 0.25) is 0 Å². The van der Waals surface area contributed by atoms with Gasteiger partial charge in [-0.25, -0.2) is 0 Å². The van der Waals surface area contributed by atoms with Crippen molar-refractivity contribution in [3.05, 3.63) is 59.7 Å². The average Bonchev–Trinajstić information content (AvgIpc) is 3.04.